The van der Waals surface area contributed by atoms with E-state index in [4.69, 9.17) is 4.74 Å². The van der Waals surface area contributed by atoms with Gasteiger partial charge < -0.3 is 10.1 Å². The Morgan fingerprint density at radius 3 is 2.75 bits per heavy atom. The number of amides is 1. The molecule has 4 rings (SSSR count). The van der Waals surface area contributed by atoms with Gasteiger partial charge in [0.25, 0.3) is 5.91 Å². The van der Waals surface area contributed by atoms with Gasteiger partial charge in [0.05, 0.1) is 23.8 Å². The average Bonchev–Trinajstić information content (AvgIpc) is 2.75. The van der Waals surface area contributed by atoms with E-state index in [9.17, 15) is 4.79 Å². The minimum absolute atomic E-state index is 0.199. The van der Waals surface area contributed by atoms with Crippen LogP contribution in [0.2, 0.25) is 0 Å². The Morgan fingerprint density at radius 1 is 0.964 bits per heavy atom. The Kier molecular flexibility index (Phi) is 5.07. The van der Waals surface area contributed by atoms with E-state index < -0.39 is 0 Å². The molecule has 0 spiro atoms. The zero-order valence-corrected chi connectivity index (χ0v) is 14.9. The summed E-state index contributed by atoms with van der Waals surface area (Å²) < 4.78 is 5.69. The van der Waals surface area contributed by atoms with Gasteiger partial charge in [0.1, 0.15) is 23.6 Å². The molecule has 0 bridgehead atoms. The quantitative estimate of drug-likeness (QED) is 0.561. The summed E-state index contributed by atoms with van der Waals surface area (Å²) in [6.07, 6.45) is 3.19. The van der Waals surface area contributed by atoms with Crippen molar-refractivity contribution >= 4 is 27.8 Å². The molecule has 1 amide bonds. The maximum atomic E-state index is 12.2. The van der Waals surface area contributed by atoms with Gasteiger partial charge >= 0.3 is 0 Å². The molecule has 0 aliphatic carbocycles. The van der Waals surface area contributed by atoms with Crippen molar-refractivity contribution in [3.63, 3.8) is 0 Å². The number of aromatic nitrogens is 3. The van der Waals surface area contributed by atoms with Gasteiger partial charge in [-0.2, -0.15) is 0 Å². The molecule has 0 unspecified atom stereocenters. The second-order valence-electron chi connectivity index (χ2n) is 5.90. The van der Waals surface area contributed by atoms with Gasteiger partial charge in [-0.1, -0.05) is 42.2 Å². The van der Waals surface area contributed by atoms with E-state index in [-0.39, 0.29) is 24.8 Å². The molecule has 136 valence electrons. The Balaban J connectivity index is 1.31. The fourth-order valence-electron chi connectivity index (χ4n) is 2.70. The van der Waals surface area contributed by atoms with Gasteiger partial charge in [-0.25, -0.2) is 4.98 Å². The summed E-state index contributed by atoms with van der Waals surface area (Å²) in [6, 6.07) is 17.0. The molecule has 1 N–H and O–H groups in total. The Labute approximate surface area is 161 Å². The van der Waals surface area contributed by atoms with Crippen molar-refractivity contribution in [3.8, 4) is 17.6 Å². The molecule has 6 heteroatoms. The van der Waals surface area contributed by atoms with E-state index in [2.05, 4.69) is 32.1 Å². The molecule has 0 aliphatic rings. The van der Waals surface area contributed by atoms with E-state index in [1.54, 1.807) is 6.20 Å². The molecule has 0 radical (unpaired) electrons. The Morgan fingerprint density at radius 2 is 1.82 bits per heavy atom. The van der Waals surface area contributed by atoms with Crippen LogP contribution in [-0.2, 0) is 0 Å². The number of hydrogen-bond acceptors (Lipinski definition) is 5. The second-order valence-corrected chi connectivity index (χ2v) is 5.90. The van der Waals surface area contributed by atoms with Crippen molar-refractivity contribution in [2.45, 2.75) is 0 Å². The Hall–Kier alpha value is -3.98. The lowest BCUT2D eigenvalue weighted by Crippen LogP contribution is -2.24. The van der Waals surface area contributed by atoms with E-state index in [0.29, 0.717) is 11.3 Å². The normalized spacial score (nSPS) is 10.3. The molecule has 0 saturated carbocycles. The minimum Gasteiger partial charge on any atom is -0.479 e. The lowest BCUT2D eigenvalue weighted by Gasteiger charge is -2.05. The summed E-state index contributed by atoms with van der Waals surface area (Å²) in [5.41, 5.74) is 2.49. The number of benzene rings is 2. The fourth-order valence-corrected chi connectivity index (χ4v) is 2.70. The molecule has 2 heterocycles. The number of fused-ring (bicyclic) bond motifs is 2. The number of para-hydroxylation sites is 3. The summed E-state index contributed by atoms with van der Waals surface area (Å²) in [5.74, 6) is 6.12. The zero-order chi connectivity index (χ0) is 19.2. The maximum Gasteiger partial charge on any atom is 0.272 e. The highest BCUT2D eigenvalue weighted by atomic mass is 16.5. The summed E-state index contributed by atoms with van der Waals surface area (Å²) in [5, 5.41) is 3.72. The molecule has 0 aliphatic heterocycles. The fraction of sp³-hybridized carbons (Fsp3) is 0.0909. The van der Waals surface area contributed by atoms with E-state index in [1.807, 2.05) is 54.6 Å². The maximum absolute atomic E-state index is 12.2. The van der Waals surface area contributed by atoms with Gasteiger partial charge in [0.15, 0.2) is 0 Å². The summed E-state index contributed by atoms with van der Waals surface area (Å²) in [7, 11) is 0. The third kappa shape index (κ3) is 3.89. The number of ether oxygens (including phenoxy) is 1. The summed E-state index contributed by atoms with van der Waals surface area (Å²) in [4.78, 5) is 25.0. The molecular weight excluding hydrogens is 352 g/mol. The predicted molar refractivity (Wildman–Crippen MR) is 107 cm³/mol. The number of rotatable bonds is 4. The van der Waals surface area contributed by atoms with Crippen LogP contribution in [0.3, 0.4) is 0 Å². The van der Waals surface area contributed by atoms with Crippen LogP contribution in [0.4, 0.5) is 0 Å². The highest BCUT2D eigenvalue weighted by Crippen LogP contribution is 2.22. The van der Waals surface area contributed by atoms with Gasteiger partial charge in [-0.05, 0) is 24.3 Å². The topological polar surface area (TPSA) is 77.0 Å². The van der Waals surface area contributed by atoms with Gasteiger partial charge in [0.2, 0.25) is 0 Å². The largest absolute Gasteiger partial charge is 0.479 e. The molecule has 2 aromatic carbocycles. The number of nitrogens with zero attached hydrogens (tertiary/aromatic N) is 3. The first kappa shape index (κ1) is 17.4. The van der Waals surface area contributed by atoms with Crippen molar-refractivity contribution in [3.05, 3.63) is 72.7 Å². The van der Waals surface area contributed by atoms with Crippen LogP contribution in [0.5, 0.6) is 5.75 Å². The van der Waals surface area contributed by atoms with E-state index in [0.717, 1.165) is 16.4 Å². The van der Waals surface area contributed by atoms with Crippen molar-refractivity contribution in [1.29, 1.82) is 0 Å². The van der Waals surface area contributed by atoms with Crippen LogP contribution in [0.25, 0.3) is 21.9 Å². The van der Waals surface area contributed by atoms with Crippen LogP contribution in [0.15, 0.2) is 67.0 Å². The zero-order valence-electron chi connectivity index (χ0n) is 14.9. The number of carbonyl (C=O) groups is 1. The standard InChI is InChI=1S/C22H16N4O2/c27-22(19-15-25-17-9-1-2-10-18(17)26-19)24-12-3-4-14-28-20-11-5-7-16-8-6-13-23-21(16)20/h1-2,5-11,13,15H,12,14H2,(H,24,27). The van der Waals surface area contributed by atoms with Crippen molar-refractivity contribution in [1.82, 2.24) is 20.3 Å². The van der Waals surface area contributed by atoms with Gasteiger partial charge in [-0.15, -0.1) is 0 Å². The van der Waals surface area contributed by atoms with Crippen molar-refractivity contribution < 1.29 is 9.53 Å². The van der Waals surface area contributed by atoms with E-state index in [1.165, 1.54) is 6.20 Å². The number of nitrogens with one attached hydrogen (secondary N) is 1. The first-order valence-corrected chi connectivity index (χ1v) is 8.73. The van der Waals surface area contributed by atoms with E-state index >= 15 is 0 Å². The molecular formula is C22H16N4O2. The first-order valence-electron chi connectivity index (χ1n) is 8.73. The van der Waals surface area contributed by atoms with Crippen LogP contribution in [0.1, 0.15) is 10.5 Å². The molecule has 2 aromatic heterocycles. The number of pyridine rings is 1. The molecule has 0 saturated heterocycles. The molecule has 28 heavy (non-hydrogen) atoms. The molecule has 6 nitrogen and oxygen atoms in total. The first-order chi connectivity index (χ1) is 13.8. The lowest BCUT2D eigenvalue weighted by molar-refractivity contribution is 0.0953. The molecule has 0 fully saturated rings. The van der Waals surface area contributed by atoms with Crippen LogP contribution in [0, 0.1) is 11.8 Å². The van der Waals surface area contributed by atoms with Crippen LogP contribution >= 0.6 is 0 Å². The number of carbonyl (C=O) groups excluding carboxylic acids is 1. The summed E-state index contributed by atoms with van der Waals surface area (Å²) >= 11 is 0. The van der Waals surface area contributed by atoms with Crippen LogP contribution < -0.4 is 10.1 Å². The predicted octanol–water partition coefficient (Wildman–Crippen LogP) is 2.99. The van der Waals surface area contributed by atoms with Gasteiger partial charge in [0, 0.05) is 11.6 Å². The van der Waals surface area contributed by atoms with Crippen molar-refractivity contribution in [2.75, 3.05) is 13.2 Å². The SMILES string of the molecule is O=C(NCC#CCOc1cccc2cccnc12)c1cnc2ccccc2n1. The number of hydrogen-bond donors (Lipinski definition) is 1. The van der Waals surface area contributed by atoms with Crippen molar-refractivity contribution in [2.24, 2.45) is 0 Å². The molecule has 0 atom stereocenters. The molecule has 4 aromatic rings. The smallest absolute Gasteiger partial charge is 0.272 e. The third-order valence-corrected chi connectivity index (χ3v) is 4.04. The monoisotopic (exact) mass is 368 g/mol. The highest BCUT2D eigenvalue weighted by molar-refractivity contribution is 5.93. The Bertz CT molecular complexity index is 1210. The third-order valence-electron chi connectivity index (χ3n) is 4.04. The van der Waals surface area contributed by atoms with Crippen LogP contribution in [-0.4, -0.2) is 34.0 Å². The average molecular weight is 368 g/mol. The second kappa shape index (κ2) is 8.14. The van der Waals surface area contributed by atoms with Gasteiger partial charge in [-0.3, -0.25) is 14.8 Å². The summed E-state index contributed by atoms with van der Waals surface area (Å²) in [6.45, 7) is 0.409. The highest BCUT2D eigenvalue weighted by Gasteiger charge is 2.07. The minimum atomic E-state index is -0.313. The lowest BCUT2D eigenvalue weighted by atomic mass is 10.2.